The molecule has 14 heavy (non-hydrogen) atoms. The van der Waals surface area contributed by atoms with Gasteiger partial charge in [0.1, 0.15) is 5.82 Å². The van der Waals surface area contributed by atoms with E-state index in [0.29, 0.717) is 5.82 Å². The average Bonchev–Trinajstić information content (AvgIpc) is 2.18. The van der Waals surface area contributed by atoms with E-state index in [1.165, 1.54) is 12.0 Å². The lowest BCUT2D eigenvalue weighted by molar-refractivity contribution is 0.327. The Bertz CT molecular complexity index is 275. The Balaban J connectivity index is 2.57. The van der Waals surface area contributed by atoms with Crippen LogP contribution in [0.3, 0.4) is 0 Å². The first-order valence-electron chi connectivity index (χ1n) is 4.86. The lowest BCUT2D eigenvalue weighted by atomic mass is 10.2. The third kappa shape index (κ3) is 3.32. The number of hydrogen-bond acceptors (Lipinski definition) is 4. The SMILES string of the molecule is CCCN(C)Cc1ccnc(NN)c1. The highest BCUT2D eigenvalue weighted by molar-refractivity contribution is 5.35. The maximum absolute atomic E-state index is 5.28. The number of nitrogen functional groups attached to an aromatic ring is 1. The molecule has 0 saturated carbocycles. The number of anilines is 1. The summed E-state index contributed by atoms with van der Waals surface area (Å²) in [5, 5.41) is 0. The number of hydrazine groups is 1. The maximum Gasteiger partial charge on any atom is 0.140 e. The average molecular weight is 194 g/mol. The number of nitrogens with zero attached hydrogens (tertiary/aromatic N) is 2. The fourth-order valence-corrected chi connectivity index (χ4v) is 1.42. The number of hydrogen-bond donors (Lipinski definition) is 2. The van der Waals surface area contributed by atoms with Crippen LogP contribution in [0.25, 0.3) is 0 Å². The van der Waals surface area contributed by atoms with Crippen LogP contribution in [0.1, 0.15) is 18.9 Å². The highest BCUT2D eigenvalue weighted by Crippen LogP contribution is 2.07. The first kappa shape index (κ1) is 10.9. The maximum atomic E-state index is 5.28. The third-order valence-corrected chi connectivity index (χ3v) is 2.03. The molecular formula is C10H18N4. The minimum atomic E-state index is 0.715. The van der Waals surface area contributed by atoms with Crippen LogP contribution >= 0.6 is 0 Å². The van der Waals surface area contributed by atoms with Gasteiger partial charge in [0.05, 0.1) is 0 Å². The van der Waals surface area contributed by atoms with E-state index in [1.54, 1.807) is 6.20 Å². The molecule has 3 N–H and O–H groups in total. The largest absolute Gasteiger partial charge is 0.308 e. The first-order chi connectivity index (χ1) is 6.76. The van der Waals surface area contributed by atoms with E-state index < -0.39 is 0 Å². The minimum Gasteiger partial charge on any atom is -0.308 e. The molecule has 0 aliphatic heterocycles. The lowest BCUT2D eigenvalue weighted by Crippen LogP contribution is -2.18. The molecule has 0 fully saturated rings. The molecule has 0 amide bonds. The van der Waals surface area contributed by atoms with E-state index in [-0.39, 0.29) is 0 Å². The Hall–Kier alpha value is -1.13. The van der Waals surface area contributed by atoms with Gasteiger partial charge in [0, 0.05) is 12.7 Å². The predicted octanol–water partition coefficient (Wildman–Crippen LogP) is 1.21. The topological polar surface area (TPSA) is 54.2 Å². The summed E-state index contributed by atoms with van der Waals surface area (Å²) < 4.78 is 0. The molecular weight excluding hydrogens is 176 g/mol. The summed E-state index contributed by atoms with van der Waals surface area (Å²) in [6.45, 7) is 4.22. The predicted molar refractivity (Wildman–Crippen MR) is 58.7 cm³/mol. The first-order valence-corrected chi connectivity index (χ1v) is 4.86. The van der Waals surface area contributed by atoms with Gasteiger partial charge in [-0.3, -0.25) is 0 Å². The second kappa shape index (κ2) is 5.57. The van der Waals surface area contributed by atoms with Crippen molar-refractivity contribution >= 4 is 5.82 Å². The van der Waals surface area contributed by atoms with Gasteiger partial charge in [0.15, 0.2) is 0 Å². The van der Waals surface area contributed by atoms with Crippen molar-refractivity contribution < 1.29 is 0 Å². The Morgan fingerprint density at radius 3 is 3.00 bits per heavy atom. The van der Waals surface area contributed by atoms with Gasteiger partial charge in [-0.05, 0) is 37.7 Å². The number of nitrogens with two attached hydrogens (primary N) is 1. The molecule has 0 aliphatic rings. The molecule has 0 aromatic carbocycles. The molecule has 0 saturated heterocycles. The fourth-order valence-electron chi connectivity index (χ4n) is 1.42. The van der Waals surface area contributed by atoms with Crippen LogP contribution in [-0.4, -0.2) is 23.5 Å². The zero-order chi connectivity index (χ0) is 10.4. The molecule has 0 atom stereocenters. The normalized spacial score (nSPS) is 10.6. The van der Waals surface area contributed by atoms with Crippen molar-refractivity contribution in [2.45, 2.75) is 19.9 Å². The van der Waals surface area contributed by atoms with Crippen LogP contribution in [0, 0.1) is 0 Å². The van der Waals surface area contributed by atoms with E-state index in [1.807, 2.05) is 12.1 Å². The number of nitrogens with one attached hydrogen (secondary N) is 1. The highest BCUT2D eigenvalue weighted by atomic mass is 15.2. The molecule has 4 nitrogen and oxygen atoms in total. The van der Waals surface area contributed by atoms with Crippen LogP contribution in [0.2, 0.25) is 0 Å². The molecule has 0 radical (unpaired) electrons. The molecule has 1 heterocycles. The monoisotopic (exact) mass is 194 g/mol. The molecule has 1 rings (SSSR count). The van der Waals surface area contributed by atoms with Gasteiger partial charge < -0.3 is 10.3 Å². The summed E-state index contributed by atoms with van der Waals surface area (Å²) in [5.74, 6) is 6.00. The minimum absolute atomic E-state index is 0.715. The Labute approximate surface area is 85.1 Å². The summed E-state index contributed by atoms with van der Waals surface area (Å²) >= 11 is 0. The quantitative estimate of drug-likeness (QED) is 0.546. The van der Waals surface area contributed by atoms with Crippen molar-refractivity contribution in [2.24, 2.45) is 5.84 Å². The van der Waals surface area contributed by atoms with Gasteiger partial charge in [0.2, 0.25) is 0 Å². The Morgan fingerprint density at radius 1 is 1.57 bits per heavy atom. The second-order valence-electron chi connectivity index (χ2n) is 3.43. The Morgan fingerprint density at radius 2 is 2.36 bits per heavy atom. The van der Waals surface area contributed by atoms with Crippen LogP contribution in [-0.2, 0) is 6.54 Å². The van der Waals surface area contributed by atoms with Crippen LogP contribution in [0.5, 0.6) is 0 Å². The summed E-state index contributed by atoms with van der Waals surface area (Å²) in [5.41, 5.74) is 3.77. The lowest BCUT2D eigenvalue weighted by Gasteiger charge is -2.15. The smallest absolute Gasteiger partial charge is 0.140 e. The zero-order valence-corrected chi connectivity index (χ0v) is 8.83. The molecule has 4 heteroatoms. The molecule has 1 aromatic rings. The van der Waals surface area contributed by atoms with Crippen molar-refractivity contribution in [3.63, 3.8) is 0 Å². The summed E-state index contributed by atoms with van der Waals surface area (Å²) in [7, 11) is 2.11. The van der Waals surface area contributed by atoms with Gasteiger partial charge in [-0.15, -0.1) is 0 Å². The highest BCUT2D eigenvalue weighted by Gasteiger charge is 1.99. The summed E-state index contributed by atoms with van der Waals surface area (Å²) in [6, 6.07) is 3.97. The van der Waals surface area contributed by atoms with Crippen molar-refractivity contribution in [3.05, 3.63) is 23.9 Å². The summed E-state index contributed by atoms with van der Waals surface area (Å²) in [6.07, 6.45) is 2.94. The number of aromatic nitrogens is 1. The van der Waals surface area contributed by atoms with E-state index in [2.05, 4.69) is 29.3 Å². The van der Waals surface area contributed by atoms with E-state index >= 15 is 0 Å². The third-order valence-electron chi connectivity index (χ3n) is 2.03. The van der Waals surface area contributed by atoms with Crippen LogP contribution < -0.4 is 11.3 Å². The standard InChI is InChI=1S/C10H18N4/c1-3-6-14(2)8-9-4-5-12-10(7-9)13-11/h4-5,7H,3,6,8,11H2,1-2H3,(H,12,13). The zero-order valence-electron chi connectivity index (χ0n) is 8.83. The summed E-state index contributed by atoms with van der Waals surface area (Å²) in [4.78, 5) is 6.33. The number of pyridine rings is 1. The second-order valence-corrected chi connectivity index (χ2v) is 3.43. The van der Waals surface area contributed by atoms with E-state index in [4.69, 9.17) is 5.84 Å². The van der Waals surface area contributed by atoms with Crippen molar-refractivity contribution in [3.8, 4) is 0 Å². The molecule has 0 bridgehead atoms. The number of rotatable bonds is 5. The molecule has 78 valence electrons. The van der Waals surface area contributed by atoms with Gasteiger partial charge in [-0.2, -0.15) is 0 Å². The van der Waals surface area contributed by atoms with Crippen LogP contribution in [0.15, 0.2) is 18.3 Å². The van der Waals surface area contributed by atoms with Crippen molar-refractivity contribution in [1.82, 2.24) is 9.88 Å². The van der Waals surface area contributed by atoms with Crippen LogP contribution in [0.4, 0.5) is 5.82 Å². The molecule has 0 unspecified atom stereocenters. The fraction of sp³-hybridized carbons (Fsp3) is 0.500. The molecule has 0 aliphatic carbocycles. The van der Waals surface area contributed by atoms with E-state index in [0.717, 1.165) is 13.1 Å². The van der Waals surface area contributed by atoms with E-state index in [9.17, 15) is 0 Å². The van der Waals surface area contributed by atoms with Gasteiger partial charge in [-0.25, -0.2) is 10.8 Å². The van der Waals surface area contributed by atoms with Gasteiger partial charge in [0.25, 0.3) is 0 Å². The Kier molecular flexibility index (Phi) is 4.35. The van der Waals surface area contributed by atoms with Gasteiger partial charge >= 0.3 is 0 Å². The molecule has 0 spiro atoms. The molecule has 1 aromatic heterocycles. The van der Waals surface area contributed by atoms with Crippen molar-refractivity contribution in [1.29, 1.82) is 0 Å². The van der Waals surface area contributed by atoms with Gasteiger partial charge in [-0.1, -0.05) is 6.92 Å². The van der Waals surface area contributed by atoms with Crippen molar-refractivity contribution in [2.75, 3.05) is 19.0 Å².